The van der Waals surface area contributed by atoms with E-state index in [0.29, 0.717) is 5.92 Å². The van der Waals surface area contributed by atoms with Gasteiger partial charge in [0.2, 0.25) is 0 Å². The molecule has 4 aliphatic carbocycles. The summed E-state index contributed by atoms with van der Waals surface area (Å²) < 4.78 is 0. The molecule has 2 N–H and O–H groups in total. The van der Waals surface area contributed by atoms with E-state index < -0.39 is 0 Å². The zero-order valence-electron chi connectivity index (χ0n) is 21.7. The molecule has 4 saturated carbocycles. The number of aromatic nitrogens is 1. The standard InChI is InChI=1S/C18H30O2.C15H10N.Ir/c19-15-14-13(6-5-11-17(15)7-1-2-8-17)12-18(16(14)20)9-3-4-10-18;1-2-7-13(8-3-1)15-14-9-5-4-6-12(14)10-11-16-15;/h13-16,19-20H,1-12H2;1-7,9-11H;/q;-1;. The van der Waals surface area contributed by atoms with Crippen molar-refractivity contribution in [2.75, 3.05) is 0 Å². The maximum atomic E-state index is 11.2. The van der Waals surface area contributed by atoms with Crippen molar-refractivity contribution in [3.05, 3.63) is 66.9 Å². The van der Waals surface area contributed by atoms with Crippen molar-refractivity contribution in [1.82, 2.24) is 4.98 Å². The first-order chi connectivity index (χ1) is 17.6. The number of benzene rings is 2. The molecule has 4 atom stereocenters. The Balaban J connectivity index is 0.000000151. The van der Waals surface area contributed by atoms with Crippen LogP contribution >= 0.6 is 0 Å². The van der Waals surface area contributed by atoms with Crippen LogP contribution in [0.3, 0.4) is 0 Å². The molecule has 4 aliphatic rings. The summed E-state index contributed by atoms with van der Waals surface area (Å²) in [5.41, 5.74) is 2.40. The SMILES string of the molecule is OC1C2C(CCCC13CCCC3)CC1(CCCC1)C2O.[Ir].[c-]1ccccc1-c1nccc2ccccc12. The smallest absolute Gasteiger partial charge is 0.0652 e. The molecule has 1 heterocycles. The first kappa shape index (κ1) is 27.0. The molecule has 37 heavy (non-hydrogen) atoms. The maximum absolute atomic E-state index is 11.2. The molecule has 0 bridgehead atoms. The fourth-order valence-corrected chi connectivity index (χ4v) is 8.52. The Morgan fingerprint density at radius 2 is 1.41 bits per heavy atom. The van der Waals surface area contributed by atoms with E-state index >= 15 is 0 Å². The van der Waals surface area contributed by atoms with Crippen molar-refractivity contribution < 1.29 is 30.3 Å². The average Bonchev–Trinajstić information content (AvgIpc) is 3.63. The van der Waals surface area contributed by atoms with Crippen molar-refractivity contribution in [3.8, 4) is 11.3 Å². The molecule has 4 heteroatoms. The molecule has 4 unspecified atom stereocenters. The molecule has 2 aromatic carbocycles. The number of hydrogen-bond acceptors (Lipinski definition) is 3. The number of pyridine rings is 1. The van der Waals surface area contributed by atoms with E-state index in [-0.39, 0.29) is 49.1 Å². The second kappa shape index (κ2) is 11.3. The molecule has 3 aromatic rings. The Morgan fingerprint density at radius 1 is 0.757 bits per heavy atom. The third kappa shape index (κ3) is 4.96. The first-order valence-electron chi connectivity index (χ1n) is 14.3. The topological polar surface area (TPSA) is 53.4 Å². The van der Waals surface area contributed by atoms with E-state index in [1.54, 1.807) is 0 Å². The van der Waals surface area contributed by atoms with Gasteiger partial charge in [0.25, 0.3) is 0 Å². The zero-order chi connectivity index (χ0) is 24.6. The van der Waals surface area contributed by atoms with Crippen molar-refractivity contribution >= 4 is 10.8 Å². The van der Waals surface area contributed by atoms with Crippen molar-refractivity contribution in [2.45, 2.75) is 89.3 Å². The van der Waals surface area contributed by atoms with Gasteiger partial charge >= 0.3 is 0 Å². The summed E-state index contributed by atoms with van der Waals surface area (Å²) in [4.78, 5) is 4.45. The minimum Gasteiger partial charge on any atom is -0.392 e. The molecule has 2 spiro atoms. The van der Waals surface area contributed by atoms with E-state index in [1.807, 2.05) is 48.7 Å². The third-order valence-corrected chi connectivity index (χ3v) is 10.3. The monoisotopic (exact) mass is 675 g/mol. The number of aliphatic hydroxyl groups excluding tert-OH is 2. The Kier molecular flexibility index (Phi) is 8.22. The molecule has 0 aliphatic heterocycles. The van der Waals surface area contributed by atoms with E-state index in [2.05, 4.69) is 23.2 Å². The van der Waals surface area contributed by atoms with Crippen molar-refractivity contribution in [1.29, 1.82) is 0 Å². The molecule has 1 radical (unpaired) electrons. The number of rotatable bonds is 1. The quantitative estimate of drug-likeness (QED) is 0.266. The van der Waals surface area contributed by atoms with Gasteiger partial charge in [-0.05, 0) is 84.2 Å². The summed E-state index contributed by atoms with van der Waals surface area (Å²) in [6.07, 6.45) is 16.3. The van der Waals surface area contributed by atoms with Gasteiger partial charge in [0.1, 0.15) is 0 Å². The Morgan fingerprint density at radius 3 is 2.14 bits per heavy atom. The van der Waals surface area contributed by atoms with Gasteiger partial charge in [0, 0.05) is 32.2 Å². The summed E-state index contributed by atoms with van der Waals surface area (Å²) in [7, 11) is 0. The molecule has 199 valence electrons. The van der Waals surface area contributed by atoms with Crippen molar-refractivity contribution in [3.63, 3.8) is 0 Å². The predicted octanol–water partition coefficient (Wildman–Crippen LogP) is 7.35. The summed E-state index contributed by atoms with van der Waals surface area (Å²) in [6, 6.07) is 21.4. The number of nitrogens with zero attached hydrogens (tertiary/aromatic N) is 1. The minimum absolute atomic E-state index is 0. The second-order valence-electron chi connectivity index (χ2n) is 12.1. The molecule has 7 rings (SSSR count). The normalized spacial score (nSPS) is 29.4. The summed E-state index contributed by atoms with van der Waals surface area (Å²) in [6.45, 7) is 0. The largest absolute Gasteiger partial charge is 0.392 e. The number of fused-ring (bicyclic) bond motifs is 2. The van der Waals surface area contributed by atoms with Crippen LogP contribution < -0.4 is 0 Å². The number of hydrogen-bond donors (Lipinski definition) is 2. The molecule has 4 fully saturated rings. The predicted molar refractivity (Wildman–Crippen MR) is 145 cm³/mol. The van der Waals surface area contributed by atoms with Gasteiger partial charge in [0.05, 0.1) is 12.2 Å². The van der Waals surface area contributed by atoms with Gasteiger partial charge in [0.15, 0.2) is 0 Å². The van der Waals surface area contributed by atoms with Gasteiger partial charge in [-0.2, -0.15) is 0 Å². The molecule has 3 nitrogen and oxygen atoms in total. The van der Waals surface area contributed by atoms with Crippen LogP contribution in [0.2, 0.25) is 0 Å². The van der Waals surface area contributed by atoms with Gasteiger partial charge in [-0.15, -0.1) is 35.9 Å². The average molecular weight is 675 g/mol. The van der Waals surface area contributed by atoms with Gasteiger partial charge in [-0.3, -0.25) is 0 Å². The van der Waals surface area contributed by atoms with E-state index in [4.69, 9.17) is 0 Å². The zero-order valence-corrected chi connectivity index (χ0v) is 24.1. The minimum atomic E-state index is -0.229. The third-order valence-electron chi connectivity index (χ3n) is 10.3. The summed E-state index contributed by atoms with van der Waals surface area (Å²) in [5, 5.41) is 24.6. The fourth-order valence-electron chi connectivity index (χ4n) is 8.52. The summed E-state index contributed by atoms with van der Waals surface area (Å²) in [5.74, 6) is 0.784. The van der Waals surface area contributed by atoms with Crippen LogP contribution in [-0.4, -0.2) is 27.4 Å². The maximum Gasteiger partial charge on any atom is 0.0652 e. The van der Waals surface area contributed by atoms with Gasteiger partial charge in [-0.1, -0.05) is 56.4 Å². The van der Waals surface area contributed by atoms with Crippen LogP contribution in [0.5, 0.6) is 0 Å². The first-order valence-corrected chi connectivity index (χ1v) is 14.3. The van der Waals surface area contributed by atoms with E-state index in [0.717, 1.165) is 11.3 Å². The molecular weight excluding hydrogens is 635 g/mol. The van der Waals surface area contributed by atoms with Crippen LogP contribution in [0.4, 0.5) is 0 Å². The van der Waals surface area contributed by atoms with Crippen LogP contribution in [0.1, 0.15) is 77.0 Å². The van der Waals surface area contributed by atoms with Crippen LogP contribution in [0.25, 0.3) is 22.0 Å². The van der Waals surface area contributed by atoms with Crippen LogP contribution in [-0.2, 0) is 20.1 Å². The molecular formula is C33H40IrNO2-. The van der Waals surface area contributed by atoms with E-state index in [9.17, 15) is 10.2 Å². The van der Waals surface area contributed by atoms with Gasteiger partial charge in [-0.25, -0.2) is 0 Å². The Labute approximate surface area is 235 Å². The number of aliphatic hydroxyl groups is 2. The summed E-state index contributed by atoms with van der Waals surface area (Å²) >= 11 is 0. The van der Waals surface area contributed by atoms with E-state index in [1.165, 1.54) is 87.8 Å². The molecule has 1 aromatic heterocycles. The molecule has 0 amide bonds. The second-order valence-corrected chi connectivity index (χ2v) is 12.1. The Bertz CT molecular complexity index is 1160. The fraction of sp³-hybridized carbons (Fsp3) is 0.545. The Hall–Kier alpha value is -1.58. The van der Waals surface area contributed by atoms with Crippen molar-refractivity contribution in [2.24, 2.45) is 22.7 Å². The molecule has 0 saturated heterocycles. The van der Waals surface area contributed by atoms with Crippen LogP contribution in [0, 0.1) is 28.7 Å². The van der Waals surface area contributed by atoms with Crippen LogP contribution in [0.15, 0.2) is 60.8 Å². The van der Waals surface area contributed by atoms with Gasteiger partial charge < -0.3 is 15.2 Å².